The van der Waals surface area contributed by atoms with Gasteiger partial charge in [0, 0.05) is 12.1 Å². The number of rotatable bonds is 1. The zero-order valence-corrected chi connectivity index (χ0v) is 7.01. The van der Waals surface area contributed by atoms with Gasteiger partial charge in [0.1, 0.15) is 11.6 Å². The Hall–Kier alpha value is -1.69. The molecule has 0 saturated heterocycles. The summed E-state index contributed by atoms with van der Waals surface area (Å²) in [4.78, 5) is 0. The number of hydrogen-bond acceptors (Lipinski definition) is 1. The second-order valence-corrected chi connectivity index (χ2v) is 2.61. The molecule has 3 heteroatoms. The van der Waals surface area contributed by atoms with Crippen molar-refractivity contribution >= 4 is 5.57 Å². The van der Waals surface area contributed by atoms with Gasteiger partial charge in [0.2, 0.25) is 0 Å². The predicted octanol–water partition coefficient (Wildman–Crippen LogP) is 2.89. The normalized spacial score (nSPS) is 11.1. The molecule has 0 saturated carbocycles. The Bertz CT molecular complexity index is 368. The van der Waals surface area contributed by atoms with Crippen LogP contribution in [0.2, 0.25) is 0 Å². The summed E-state index contributed by atoms with van der Waals surface area (Å²) in [5.74, 6) is -1.28. The van der Waals surface area contributed by atoms with Crippen LogP contribution < -0.4 is 0 Å². The van der Waals surface area contributed by atoms with Crippen LogP contribution in [-0.4, -0.2) is 0 Å². The van der Waals surface area contributed by atoms with Crippen molar-refractivity contribution in [2.45, 2.75) is 6.92 Å². The van der Waals surface area contributed by atoms with Gasteiger partial charge in [-0.15, -0.1) is 0 Å². The summed E-state index contributed by atoms with van der Waals surface area (Å²) in [7, 11) is 0. The molecule has 0 spiro atoms. The van der Waals surface area contributed by atoms with E-state index < -0.39 is 11.6 Å². The van der Waals surface area contributed by atoms with Gasteiger partial charge in [0.05, 0.1) is 6.07 Å². The smallest absolute Gasteiger partial charge is 0.126 e. The minimum atomic E-state index is -0.638. The maximum Gasteiger partial charge on any atom is 0.126 e. The van der Waals surface area contributed by atoms with Crippen LogP contribution in [0.25, 0.3) is 5.57 Å². The molecular weight excluding hydrogens is 172 g/mol. The molecule has 0 aliphatic rings. The van der Waals surface area contributed by atoms with Crippen molar-refractivity contribution in [1.29, 1.82) is 5.26 Å². The summed E-state index contributed by atoms with van der Waals surface area (Å²) in [6, 6.07) is 4.97. The summed E-state index contributed by atoms with van der Waals surface area (Å²) in [5, 5.41) is 8.32. The Kier molecular flexibility index (Phi) is 2.76. The van der Waals surface area contributed by atoms with Gasteiger partial charge in [-0.25, -0.2) is 8.78 Å². The lowest BCUT2D eigenvalue weighted by molar-refractivity contribution is 0.582. The zero-order chi connectivity index (χ0) is 9.84. The Balaban J connectivity index is 3.17. The van der Waals surface area contributed by atoms with E-state index in [-0.39, 0.29) is 0 Å². The molecule has 13 heavy (non-hydrogen) atoms. The lowest BCUT2D eigenvalue weighted by Crippen LogP contribution is -1.85. The molecule has 0 amide bonds. The molecular formula is C10H7F2N. The fourth-order valence-electron chi connectivity index (χ4n) is 0.962. The van der Waals surface area contributed by atoms with Crippen LogP contribution in [0.1, 0.15) is 12.5 Å². The third-order valence-corrected chi connectivity index (χ3v) is 1.60. The van der Waals surface area contributed by atoms with E-state index in [0.29, 0.717) is 11.1 Å². The number of benzene rings is 1. The second kappa shape index (κ2) is 3.81. The van der Waals surface area contributed by atoms with E-state index in [0.717, 1.165) is 6.07 Å². The first-order valence-corrected chi connectivity index (χ1v) is 3.66. The van der Waals surface area contributed by atoms with Crippen molar-refractivity contribution in [3.05, 3.63) is 41.5 Å². The summed E-state index contributed by atoms with van der Waals surface area (Å²) < 4.78 is 25.4. The highest BCUT2D eigenvalue weighted by atomic mass is 19.1. The lowest BCUT2D eigenvalue weighted by Gasteiger charge is -1.99. The van der Waals surface area contributed by atoms with Crippen LogP contribution >= 0.6 is 0 Å². The molecule has 0 aliphatic carbocycles. The maximum absolute atomic E-state index is 12.7. The predicted molar refractivity (Wildman–Crippen MR) is 45.6 cm³/mol. The van der Waals surface area contributed by atoms with Crippen molar-refractivity contribution in [2.24, 2.45) is 0 Å². The van der Waals surface area contributed by atoms with Crippen molar-refractivity contribution in [1.82, 2.24) is 0 Å². The average Bonchev–Trinajstić information content (AvgIpc) is 2.03. The van der Waals surface area contributed by atoms with Crippen LogP contribution in [0.3, 0.4) is 0 Å². The van der Waals surface area contributed by atoms with E-state index in [2.05, 4.69) is 0 Å². The van der Waals surface area contributed by atoms with Crippen LogP contribution in [0.15, 0.2) is 24.3 Å². The molecule has 0 bridgehead atoms. The number of allylic oxidation sites excluding steroid dienone is 2. The highest BCUT2D eigenvalue weighted by Crippen LogP contribution is 2.16. The lowest BCUT2D eigenvalue weighted by atomic mass is 10.1. The van der Waals surface area contributed by atoms with E-state index in [4.69, 9.17) is 5.26 Å². The molecule has 0 unspecified atom stereocenters. The van der Waals surface area contributed by atoms with Gasteiger partial charge in [-0.3, -0.25) is 0 Å². The number of nitrogens with zero attached hydrogens (tertiary/aromatic N) is 1. The van der Waals surface area contributed by atoms with Gasteiger partial charge < -0.3 is 0 Å². The molecule has 1 rings (SSSR count). The van der Waals surface area contributed by atoms with Crippen LogP contribution in [-0.2, 0) is 0 Å². The monoisotopic (exact) mass is 179 g/mol. The Labute approximate surface area is 74.9 Å². The Morgan fingerprint density at radius 3 is 2.31 bits per heavy atom. The first-order chi connectivity index (χ1) is 6.13. The van der Waals surface area contributed by atoms with E-state index in [1.165, 1.54) is 18.2 Å². The van der Waals surface area contributed by atoms with Crippen LogP contribution in [0.4, 0.5) is 8.78 Å². The number of halogens is 2. The summed E-state index contributed by atoms with van der Waals surface area (Å²) in [6.07, 6.45) is 1.24. The van der Waals surface area contributed by atoms with E-state index in [1.54, 1.807) is 13.0 Å². The summed E-state index contributed by atoms with van der Waals surface area (Å²) in [6.45, 7) is 1.62. The minimum Gasteiger partial charge on any atom is -0.207 e. The fourth-order valence-corrected chi connectivity index (χ4v) is 0.962. The van der Waals surface area contributed by atoms with Crippen LogP contribution in [0.5, 0.6) is 0 Å². The second-order valence-electron chi connectivity index (χ2n) is 2.61. The highest BCUT2D eigenvalue weighted by Gasteiger charge is 2.01. The zero-order valence-electron chi connectivity index (χ0n) is 7.01. The largest absolute Gasteiger partial charge is 0.207 e. The van der Waals surface area contributed by atoms with Crippen molar-refractivity contribution in [2.75, 3.05) is 0 Å². The van der Waals surface area contributed by atoms with E-state index >= 15 is 0 Å². The van der Waals surface area contributed by atoms with Gasteiger partial charge in [0.25, 0.3) is 0 Å². The molecule has 1 aromatic rings. The molecule has 0 aromatic heterocycles. The molecule has 1 nitrogen and oxygen atoms in total. The topological polar surface area (TPSA) is 23.8 Å². The highest BCUT2D eigenvalue weighted by molar-refractivity contribution is 5.65. The summed E-state index contributed by atoms with van der Waals surface area (Å²) >= 11 is 0. The maximum atomic E-state index is 12.7. The van der Waals surface area contributed by atoms with Gasteiger partial charge in [-0.1, -0.05) is 0 Å². The summed E-state index contributed by atoms with van der Waals surface area (Å²) in [5.41, 5.74) is 0.931. The standard InChI is InChI=1S/C10H7F2N/c1-7(2-3-13)8-4-9(11)6-10(12)5-8/h2,4-6H,1H3. The molecule has 0 atom stereocenters. The Morgan fingerprint density at radius 1 is 1.31 bits per heavy atom. The van der Waals surface area contributed by atoms with Crippen molar-refractivity contribution < 1.29 is 8.78 Å². The van der Waals surface area contributed by atoms with Gasteiger partial charge in [0.15, 0.2) is 0 Å². The Morgan fingerprint density at radius 2 is 1.85 bits per heavy atom. The molecule has 66 valence electrons. The van der Waals surface area contributed by atoms with Gasteiger partial charge in [-0.2, -0.15) is 5.26 Å². The molecule has 0 fully saturated rings. The van der Waals surface area contributed by atoms with Gasteiger partial charge >= 0.3 is 0 Å². The van der Waals surface area contributed by atoms with Crippen LogP contribution in [0, 0.1) is 23.0 Å². The quantitative estimate of drug-likeness (QED) is 0.608. The number of nitriles is 1. The molecule has 0 heterocycles. The first-order valence-electron chi connectivity index (χ1n) is 3.66. The fraction of sp³-hybridized carbons (Fsp3) is 0.100. The van der Waals surface area contributed by atoms with Crippen molar-refractivity contribution in [3.63, 3.8) is 0 Å². The molecule has 0 N–H and O–H groups in total. The molecule has 0 radical (unpaired) electrons. The average molecular weight is 179 g/mol. The molecule has 0 aliphatic heterocycles. The van der Waals surface area contributed by atoms with Crippen molar-refractivity contribution in [3.8, 4) is 6.07 Å². The SMILES string of the molecule is CC(=CC#N)c1cc(F)cc(F)c1. The number of hydrogen-bond donors (Lipinski definition) is 0. The van der Waals surface area contributed by atoms with E-state index in [9.17, 15) is 8.78 Å². The van der Waals surface area contributed by atoms with E-state index in [1.807, 2.05) is 0 Å². The first kappa shape index (κ1) is 9.40. The minimum absolute atomic E-state index is 0.388. The third-order valence-electron chi connectivity index (χ3n) is 1.60. The molecule has 1 aromatic carbocycles. The third kappa shape index (κ3) is 2.38. The van der Waals surface area contributed by atoms with Gasteiger partial charge in [-0.05, 0) is 30.2 Å².